The summed E-state index contributed by atoms with van der Waals surface area (Å²) in [5.41, 5.74) is 3.72. The van der Waals surface area contributed by atoms with Crippen LogP contribution in [0.4, 0.5) is 10.2 Å². The predicted octanol–water partition coefficient (Wildman–Crippen LogP) is 1.87. The predicted molar refractivity (Wildman–Crippen MR) is 79.1 cm³/mol. The highest BCUT2D eigenvalue weighted by Gasteiger charge is 2.14. The normalized spacial score (nSPS) is 11.8. The van der Waals surface area contributed by atoms with Gasteiger partial charge in [0.1, 0.15) is 5.82 Å². The standard InChI is InChI=1S/C15H17FN4O/c1-10(9-11-4-6-12(16)7-5-11)19-15(21)13-3-2-8-18-14(13)20-17/h2-8,10H,9,17H2,1H3,(H,18,20)(H,19,21). The fourth-order valence-electron chi connectivity index (χ4n) is 2.03. The van der Waals surface area contributed by atoms with E-state index in [0.717, 1.165) is 5.56 Å². The number of hydrazine groups is 1. The minimum absolute atomic E-state index is 0.103. The number of hydrogen-bond donors (Lipinski definition) is 3. The minimum atomic E-state index is -0.274. The van der Waals surface area contributed by atoms with E-state index in [2.05, 4.69) is 15.7 Å². The van der Waals surface area contributed by atoms with E-state index in [4.69, 9.17) is 5.84 Å². The summed E-state index contributed by atoms with van der Waals surface area (Å²) in [5, 5.41) is 2.87. The third-order valence-electron chi connectivity index (χ3n) is 3.02. The van der Waals surface area contributed by atoms with Crippen molar-refractivity contribution in [3.63, 3.8) is 0 Å². The van der Waals surface area contributed by atoms with Gasteiger partial charge in [0.2, 0.25) is 0 Å². The summed E-state index contributed by atoms with van der Waals surface area (Å²) < 4.78 is 12.8. The number of carbonyl (C=O) groups is 1. The Morgan fingerprint density at radius 2 is 2.05 bits per heavy atom. The van der Waals surface area contributed by atoms with Gasteiger partial charge in [-0.3, -0.25) is 4.79 Å². The summed E-state index contributed by atoms with van der Waals surface area (Å²) in [6.07, 6.45) is 2.16. The van der Waals surface area contributed by atoms with Gasteiger partial charge in [0.15, 0.2) is 5.82 Å². The largest absolute Gasteiger partial charge is 0.349 e. The summed E-state index contributed by atoms with van der Waals surface area (Å²) in [4.78, 5) is 16.2. The fraction of sp³-hybridized carbons (Fsp3) is 0.200. The summed E-state index contributed by atoms with van der Waals surface area (Å²) in [5.74, 6) is 5.12. The Bertz CT molecular complexity index is 615. The molecule has 0 fully saturated rings. The number of nitrogen functional groups attached to an aromatic ring is 1. The van der Waals surface area contributed by atoms with Crippen LogP contribution in [0.25, 0.3) is 0 Å². The zero-order valence-corrected chi connectivity index (χ0v) is 11.6. The quantitative estimate of drug-likeness (QED) is 0.579. The van der Waals surface area contributed by atoms with Gasteiger partial charge in [0.25, 0.3) is 5.91 Å². The van der Waals surface area contributed by atoms with Crippen LogP contribution in [0.5, 0.6) is 0 Å². The highest BCUT2D eigenvalue weighted by molar-refractivity contribution is 5.98. The number of nitrogens with zero attached hydrogens (tertiary/aromatic N) is 1. The van der Waals surface area contributed by atoms with E-state index in [-0.39, 0.29) is 17.8 Å². The molecule has 1 atom stereocenters. The molecule has 0 aliphatic rings. The Hall–Kier alpha value is -2.47. The molecule has 0 spiro atoms. The molecular weight excluding hydrogens is 271 g/mol. The third-order valence-corrected chi connectivity index (χ3v) is 3.02. The second-order valence-corrected chi connectivity index (χ2v) is 4.75. The van der Waals surface area contributed by atoms with Crippen molar-refractivity contribution in [3.8, 4) is 0 Å². The SMILES string of the molecule is CC(Cc1ccc(F)cc1)NC(=O)c1cccnc1NN. The first-order valence-electron chi connectivity index (χ1n) is 6.57. The number of anilines is 1. The van der Waals surface area contributed by atoms with Crippen LogP contribution in [0.1, 0.15) is 22.8 Å². The lowest BCUT2D eigenvalue weighted by atomic mass is 10.1. The number of hydrogen-bond acceptors (Lipinski definition) is 4. The average Bonchev–Trinajstić information content (AvgIpc) is 2.49. The number of carbonyl (C=O) groups excluding carboxylic acids is 1. The highest BCUT2D eigenvalue weighted by Crippen LogP contribution is 2.11. The van der Waals surface area contributed by atoms with Crippen LogP contribution in [-0.2, 0) is 6.42 Å². The Balaban J connectivity index is 2.00. The van der Waals surface area contributed by atoms with Gasteiger partial charge < -0.3 is 10.7 Å². The van der Waals surface area contributed by atoms with E-state index in [0.29, 0.717) is 17.8 Å². The van der Waals surface area contributed by atoms with Gasteiger partial charge in [-0.15, -0.1) is 0 Å². The molecule has 0 saturated heterocycles. The number of nitrogens with two attached hydrogens (primary N) is 1. The Kier molecular flexibility index (Phi) is 4.84. The molecule has 0 bridgehead atoms. The van der Waals surface area contributed by atoms with Crippen molar-refractivity contribution >= 4 is 11.7 Å². The molecular formula is C15H17FN4O. The van der Waals surface area contributed by atoms with Crippen LogP contribution in [0.15, 0.2) is 42.6 Å². The van der Waals surface area contributed by atoms with Crippen LogP contribution >= 0.6 is 0 Å². The van der Waals surface area contributed by atoms with Crippen molar-refractivity contribution in [2.75, 3.05) is 5.43 Å². The molecule has 0 radical (unpaired) electrons. The summed E-state index contributed by atoms with van der Waals surface area (Å²) in [6.45, 7) is 1.88. The minimum Gasteiger partial charge on any atom is -0.349 e. The van der Waals surface area contributed by atoms with Crippen LogP contribution in [0, 0.1) is 5.82 Å². The maximum atomic E-state index is 12.8. The van der Waals surface area contributed by atoms with Crippen LogP contribution in [0.3, 0.4) is 0 Å². The van der Waals surface area contributed by atoms with Gasteiger partial charge in [-0.05, 0) is 43.2 Å². The molecule has 2 rings (SSSR count). The Labute approximate surface area is 122 Å². The fourth-order valence-corrected chi connectivity index (χ4v) is 2.03. The van der Waals surface area contributed by atoms with Crippen molar-refractivity contribution in [1.82, 2.24) is 10.3 Å². The summed E-state index contributed by atoms with van der Waals surface area (Å²) in [7, 11) is 0. The van der Waals surface area contributed by atoms with E-state index >= 15 is 0 Å². The van der Waals surface area contributed by atoms with Crippen LogP contribution in [-0.4, -0.2) is 16.9 Å². The summed E-state index contributed by atoms with van der Waals surface area (Å²) in [6, 6.07) is 9.42. The van der Waals surface area contributed by atoms with E-state index in [1.54, 1.807) is 30.5 Å². The number of pyridine rings is 1. The molecule has 0 aliphatic carbocycles. The lowest BCUT2D eigenvalue weighted by Gasteiger charge is -2.15. The van der Waals surface area contributed by atoms with Crippen molar-refractivity contribution in [2.45, 2.75) is 19.4 Å². The molecule has 4 N–H and O–H groups in total. The van der Waals surface area contributed by atoms with Gasteiger partial charge >= 0.3 is 0 Å². The monoisotopic (exact) mass is 288 g/mol. The molecule has 1 amide bonds. The van der Waals surface area contributed by atoms with E-state index in [1.165, 1.54) is 12.1 Å². The zero-order valence-electron chi connectivity index (χ0n) is 11.6. The number of benzene rings is 1. The molecule has 6 heteroatoms. The van der Waals surface area contributed by atoms with Gasteiger partial charge in [-0.2, -0.15) is 0 Å². The second-order valence-electron chi connectivity index (χ2n) is 4.75. The number of nitrogens with one attached hydrogen (secondary N) is 2. The van der Waals surface area contributed by atoms with E-state index < -0.39 is 0 Å². The van der Waals surface area contributed by atoms with Gasteiger partial charge in [0.05, 0.1) is 5.56 Å². The number of halogens is 1. The van der Waals surface area contributed by atoms with Crippen molar-refractivity contribution in [3.05, 3.63) is 59.5 Å². The molecule has 0 saturated carbocycles. The molecule has 1 aromatic carbocycles. The average molecular weight is 288 g/mol. The number of aromatic nitrogens is 1. The van der Waals surface area contributed by atoms with E-state index in [1.807, 2.05) is 6.92 Å². The first-order valence-corrected chi connectivity index (χ1v) is 6.57. The third kappa shape index (κ3) is 4.00. The molecule has 2 aromatic rings. The smallest absolute Gasteiger partial charge is 0.255 e. The molecule has 1 heterocycles. The molecule has 5 nitrogen and oxygen atoms in total. The lowest BCUT2D eigenvalue weighted by Crippen LogP contribution is -2.34. The number of rotatable bonds is 5. The molecule has 1 unspecified atom stereocenters. The summed E-state index contributed by atoms with van der Waals surface area (Å²) >= 11 is 0. The maximum Gasteiger partial charge on any atom is 0.255 e. The first-order chi connectivity index (χ1) is 10.1. The molecule has 0 aliphatic heterocycles. The molecule has 1 aromatic heterocycles. The second kappa shape index (κ2) is 6.81. The molecule has 21 heavy (non-hydrogen) atoms. The van der Waals surface area contributed by atoms with Crippen molar-refractivity contribution < 1.29 is 9.18 Å². The zero-order chi connectivity index (χ0) is 15.2. The highest BCUT2D eigenvalue weighted by atomic mass is 19.1. The van der Waals surface area contributed by atoms with Crippen LogP contribution < -0.4 is 16.6 Å². The Morgan fingerprint density at radius 3 is 2.71 bits per heavy atom. The maximum absolute atomic E-state index is 12.8. The number of amides is 1. The van der Waals surface area contributed by atoms with Crippen molar-refractivity contribution in [1.29, 1.82) is 0 Å². The van der Waals surface area contributed by atoms with Gasteiger partial charge in [-0.25, -0.2) is 15.2 Å². The lowest BCUT2D eigenvalue weighted by molar-refractivity contribution is 0.0940. The topological polar surface area (TPSA) is 80.0 Å². The van der Waals surface area contributed by atoms with E-state index in [9.17, 15) is 9.18 Å². The van der Waals surface area contributed by atoms with Gasteiger partial charge in [0, 0.05) is 12.2 Å². The van der Waals surface area contributed by atoms with Gasteiger partial charge in [-0.1, -0.05) is 12.1 Å². The van der Waals surface area contributed by atoms with Crippen LogP contribution in [0.2, 0.25) is 0 Å². The molecule has 110 valence electrons. The first kappa shape index (κ1) is 14.9. The Morgan fingerprint density at radius 1 is 1.33 bits per heavy atom. The van der Waals surface area contributed by atoms with Crippen molar-refractivity contribution in [2.24, 2.45) is 5.84 Å².